The highest BCUT2D eigenvalue weighted by molar-refractivity contribution is 6.33. The fourth-order valence-electron chi connectivity index (χ4n) is 8.55. The molecule has 3 saturated heterocycles. The first kappa shape index (κ1) is 35.1. The number of nitrogens with one attached hydrogen (secondary N) is 1. The zero-order chi connectivity index (χ0) is 36.0. The number of alkyl halides is 3. The van der Waals surface area contributed by atoms with Gasteiger partial charge in [0, 0.05) is 43.1 Å². The number of fused-ring (bicyclic) bond motifs is 3. The Morgan fingerprint density at radius 2 is 1.73 bits per heavy atom. The number of anilines is 1. The summed E-state index contributed by atoms with van der Waals surface area (Å²) in [7, 11) is 0. The van der Waals surface area contributed by atoms with Gasteiger partial charge in [-0.3, -0.25) is 14.3 Å². The van der Waals surface area contributed by atoms with Gasteiger partial charge >= 0.3 is 18.0 Å². The summed E-state index contributed by atoms with van der Waals surface area (Å²) in [6.07, 6.45) is 0.748. The van der Waals surface area contributed by atoms with E-state index in [0.29, 0.717) is 35.7 Å². The number of pyridine rings is 1. The maximum Gasteiger partial charge on any atom is 0.418 e. The average molecular weight is 728 g/mol. The number of H-pyrrole nitrogens is 1. The van der Waals surface area contributed by atoms with Gasteiger partial charge in [0.05, 0.1) is 44.9 Å². The van der Waals surface area contributed by atoms with Gasteiger partial charge in [0.2, 0.25) is 5.91 Å². The van der Waals surface area contributed by atoms with Gasteiger partial charge in [0.1, 0.15) is 0 Å². The third kappa shape index (κ3) is 6.87. The molecule has 11 nitrogen and oxygen atoms in total. The van der Waals surface area contributed by atoms with E-state index in [1.807, 2.05) is 24.3 Å². The second-order valence-corrected chi connectivity index (χ2v) is 14.5. The first-order chi connectivity index (χ1) is 24.4. The van der Waals surface area contributed by atoms with Crippen molar-refractivity contribution in [2.24, 2.45) is 5.92 Å². The molecule has 0 spiro atoms. The minimum absolute atomic E-state index is 0.0158. The van der Waals surface area contributed by atoms with E-state index in [4.69, 9.17) is 17.3 Å². The Morgan fingerprint density at radius 1 is 1.02 bits per heavy atom. The van der Waals surface area contributed by atoms with E-state index in [9.17, 15) is 32.7 Å². The molecule has 272 valence electrons. The quantitative estimate of drug-likeness (QED) is 0.202. The number of imidazole rings is 1. The van der Waals surface area contributed by atoms with Crippen LogP contribution in [0, 0.1) is 5.92 Å². The lowest BCUT2D eigenvalue weighted by Crippen LogP contribution is -2.56. The van der Waals surface area contributed by atoms with Crippen molar-refractivity contribution >= 4 is 51.2 Å². The molecular weight excluding hydrogens is 687 g/mol. The number of carboxylic acid groups (broad SMARTS) is 1. The van der Waals surface area contributed by atoms with Gasteiger partial charge in [-0.05, 0) is 81.8 Å². The van der Waals surface area contributed by atoms with Crippen LogP contribution in [0.3, 0.4) is 0 Å². The highest BCUT2D eigenvalue weighted by atomic mass is 35.5. The van der Waals surface area contributed by atoms with Crippen molar-refractivity contribution in [1.82, 2.24) is 29.2 Å². The third-order valence-corrected chi connectivity index (χ3v) is 11.4. The number of benzene rings is 2. The molecule has 3 aliphatic rings. The van der Waals surface area contributed by atoms with Crippen LogP contribution < -0.4 is 11.4 Å². The number of likely N-dealkylation sites (tertiary alicyclic amines) is 3. The van der Waals surface area contributed by atoms with Crippen molar-refractivity contribution in [3.05, 3.63) is 69.2 Å². The van der Waals surface area contributed by atoms with E-state index in [-0.39, 0.29) is 42.3 Å². The zero-order valence-electron chi connectivity index (χ0n) is 28.0. The molecule has 4 aromatic rings. The summed E-state index contributed by atoms with van der Waals surface area (Å²) in [4.78, 5) is 53.8. The second kappa shape index (κ2) is 14.0. The van der Waals surface area contributed by atoms with Gasteiger partial charge in [-0.15, -0.1) is 0 Å². The van der Waals surface area contributed by atoms with Gasteiger partial charge in [0.25, 0.3) is 0 Å². The number of piperidine rings is 3. The molecule has 2 unspecified atom stereocenters. The molecule has 15 heteroatoms. The lowest BCUT2D eigenvalue weighted by molar-refractivity contribution is -0.140. The molecular formula is C36H41ClF3N7O4. The molecule has 2 amide bonds. The predicted octanol–water partition coefficient (Wildman–Crippen LogP) is 6.15. The molecule has 3 aliphatic heterocycles. The van der Waals surface area contributed by atoms with Gasteiger partial charge in [0.15, 0.2) is 0 Å². The van der Waals surface area contributed by atoms with Crippen molar-refractivity contribution in [2.75, 3.05) is 38.5 Å². The molecule has 3 atom stereocenters. The van der Waals surface area contributed by atoms with Crippen molar-refractivity contribution in [3.8, 4) is 0 Å². The molecule has 5 heterocycles. The number of aromatic nitrogens is 3. The summed E-state index contributed by atoms with van der Waals surface area (Å²) in [5, 5.41) is 10.9. The third-order valence-electron chi connectivity index (χ3n) is 11.1. The van der Waals surface area contributed by atoms with E-state index < -0.39 is 47.2 Å². The SMILES string of the molecule is Nc1c(Cl)cc(CC(C(=O)N2CCC(N3CCCCC3)CC2)[C@H]2CC(n3c(=O)[nH]c4c5ccccc5ncc43)CCN2C(=O)O)cc1C(F)(F)F. The van der Waals surface area contributed by atoms with Crippen LogP contribution in [0.2, 0.25) is 5.02 Å². The topological polar surface area (TPSA) is 141 Å². The monoisotopic (exact) mass is 727 g/mol. The number of carbonyl (C=O) groups is 2. The van der Waals surface area contributed by atoms with Gasteiger partial charge < -0.3 is 30.5 Å². The number of carbonyl (C=O) groups excluding carboxylic acids is 1. The van der Waals surface area contributed by atoms with Crippen LogP contribution in [-0.4, -0.2) is 91.1 Å². The Bertz CT molecular complexity index is 2000. The van der Waals surface area contributed by atoms with Crippen molar-refractivity contribution < 1.29 is 27.9 Å². The van der Waals surface area contributed by atoms with Crippen LogP contribution in [0.5, 0.6) is 0 Å². The smallest absolute Gasteiger partial charge is 0.418 e. The minimum atomic E-state index is -4.79. The molecule has 2 aromatic heterocycles. The number of para-hydroxylation sites is 1. The maximum atomic E-state index is 14.6. The van der Waals surface area contributed by atoms with Crippen LogP contribution in [0.15, 0.2) is 47.4 Å². The Hall–Kier alpha value is -4.30. The number of nitrogens with two attached hydrogens (primary N) is 1. The number of amides is 2. The molecule has 0 aliphatic carbocycles. The normalized spacial score (nSPS) is 21.7. The van der Waals surface area contributed by atoms with E-state index in [1.54, 1.807) is 15.7 Å². The average Bonchev–Trinajstić information content (AvgIpc) is 3.47. The van der Waals surface area contributed by atoms with Gasteiger partial charge in [-0.1, -0.05) is 36.2 Å². The molecule has 2 aromatic carbocycles. The van der Waals surface area contributed by atoms with E-state index in [2.05, 4.69) is 14.9 Å². The van der Waals surface area contributed by atoms with E-state index >= 15 is 0 Å². The summed E-state index contributed by atoms with van der Waals surface area (Å²) in [6.45, 7) is 2.97. The number of halogens is 4. The Morgan fingerprint density at radius 3 is 2.43 bits per heavy atom. The van der Waals surface area contributed by atoms with Crippen LogP contribution in [0.25, 0.3) is 21.9 Å². The highest BCUT2D eigenvalue weighted by Crippen LogP contribution is 2.40. The zero-order valence-corrected chi connectivity index (χ0v) is 28.8. The van der Waals surface area contributed by atoms with Gasteiger partial charge in [-0.25, -0.2) is 9.59 Å². The molecule has 4 N–H and O–H groups in total. The number of hydrogen-bond donors (Lipinski definition) is 3. The highest BCUT2D eigenvalue weighted by Gasteiger charge is 2.44. The molecule has 0 saturated carbocycles. The summed E-state index contributed by atoms with van der Waals surface area (Å²) in [6, 6.07) is 8.48. The second-order valence-electron chi connectivity index (χ2n) is 14.1. The van der Waals surface area contributed by atoms with Crippen molar-refractivity contribution in [1.29, 1.82) is 0 Å². The van der Waals surface area contributed by atoms with E-state index in [1.165, 1.54) is 17.4 Å². The van der Waals surface area contributed by atoms with Crippen LogP contribution >= 0.6 is 11.6 Å². The first-order valence-corrected chi connectivity index (χ1v) is 17.9. The lowest BCUT2D eigenvalue weighted by Gasteiger charge is -2.45. The Balaban J connectivity index is 1.25. The number of hydrogen-bond acceptors (Lipinski definition) is 6. The number of aromatic amines is 1. The largest absolute Gasteiger partial charge is 0.465 e. The van der Waals surface area contributed by atoms with Crippen LogP contribution in [-0.2, 0) is 17.4 Å². The molecule has 0 radical (unpaired) electrons. The fraction of sp³-hybridized carbons (Fsp3) is 0.500. The number of nitrogen functional groups attached to an aromatic ring is 1. The van der Waals surface area contributed by atoms with Crippen molar-refractivity contribution in [2.45, 2.75) is 75.7 Å². The van der Waals surface area contributed by atoms with Crippen molar-refractivity contribution in [3.63, 3.8) is 0 Å². The Kier molecular flexibility index (Phi) is 9.65. The fourth-order valence-corrected chi connectivity index (χ4v) is 8.79. The van der Waals surface area contributed by atoms with Gasteiger partial charge in [-0.2, -0.15) is 13.2 Å². The van der Waals surface area contributed by atoms with E-state index in [0.717, 1.165) is 50.2 Å². The number of nitrogens with zero attached hydrogens (tertiary/aromatic N) is 5. The molecule has 7 rings (SSSR count). The minimum Gasteiger partial charge on any atom is -0.465 e. The summed E-state index contributed by atoms with van der Waals surface area (Å²) in [5.41, 5.74) is 5.59. The Labute approximate surface area is 297 Å². The standard InChI is InChI=1S/C36H41ClF3N7O4/c37-27-18-21(17-26(31(27)41)36(38,39)40)16-25(33(48)45-13-8-22(9-14-45)44-11-4-1-5-12-44)29-19-23(10-15-46(29)35(50)51)47-30-20-42-28-7-3-2-6-24(28)32(30)43-34(47)49/h2-3,6-7,17-18,20,22-23,25,29H,1,4-5,8-16,19,41H2,(H,43,49)(H,50,51)/t23?,25?,29-/m1/s1. The lowest BCUT2D eigenvalue weighted by atomic mass is 9.82. The molecule has 0 bridgehead atoms. The molecule has 3 fully saturated rings. The maximum absolute atomic E-state index is 14.6. The number of rotatable bonds is 6. The summed E-state index contributed by atoms with van der Waals surface area (Å²) < 4.78 is 43.7. The summed E-state index contributed by atoms with van der Waals surface area (Å²) in [5.74, 6) is -1.39. The first-order valence-electron chi connectivity index (χ1n) is 17.6. The predicted molar refractivity (Wildman–Crippen MR) is 188 cm³/mol. The van der Waals surface area contributed by atoms with Crippen LogP contribution in [0.1, 0.15) is 62.1 Å². The summed E-state index contributed by atoms with van der Waals surface area (Å²) >= 11 is 6.22. The van der Waals surface area contributed by atoms with Crippen LogP contribution in [0.4, 0.5) is 23.7 Å². The molecule has 51 heavy (non-hydrogen) atoms.